The van der Waals surface area contributed by atoms with E-state index in [1.54, 1.807) is 11.3 Å². The SMILES string of the molecule is Cl.O=C(c1csc2ccccc12)N1CCC2(CCNC2)CC1. The molecule has 3 heterocycles. The van der Waals surface area contributed by atoms with Crippen molar-refractivity contribution in [3.8, 4) is 0 Å². The Kier molecular flexibility index (Phi) is 4.44. The molecule has 2 saturated heterocycles. The minimum atomic E-state index is 0. The average Bonchev–Trinajstić information content (AvgIpc) is 3.15. The number of likely N-dealkylation sites (tertiary alicyclic amines) is 1. The molecule has 0 bridgehead atoms. The fourth-order valence-electron chi connectivity index (χ4n) is 3.72. The van der Waals surface area contributed by atoms with E-state index in [1.165, 1.54) is 11.1 Å². The molecular weight excluding hydrogens is 316 g/mol. The Balaban J connectivity index is 0.00000144. The highest BCUT2D eigenvalue weighted by molar-refractivity contribution is 7.17. The molecule has 1 amide bonds. The van der Waals surface area contributed by atoms with Crippen LogP contribution in [-0.4, -0.2) is 37.0 Å². The number of fused-ring (bicyclic) bond motifs is 1. The zero-order valence-electron chi connectivity index (χ0n) is 12.5. The van der Waals surface area contributed by atoms with E-state index in [0.29, 0.717) is 5.41 Å². The predicted octanol–water partition coefficient (Wildman–Crippen LogP) is 3.54. The highest BCUT2D eigenvalue weighted by Gasteiger charge is 2.38. The van der Waals surface area contributed by atoms with Gasteiger partial charge in [-0.1, -0.05) is 18.2 Å². The Morgan fingerprint density at radius 2 is 1.95 bits per heavy atom. The Hall–Kier alpha value is -1.10. The summed E-state index contributed by atoms with van der Waals surface area (Å²) >= 11 is 1.67. The number of thiophene rings is 1. The number of hydrogen-bond acceptors (Lipinski definition) is 3. The molecule has 0 saturated carbocycles. The summed E-state index contributed by atoms with van der Waals surface area (Å²) in [6, 6.07) is 8.20. The first kappa shape index (κ1) is 15.8. The number of nitrogens with one attached hydrogen (secondary N) is 1. The van der Waals surface area contributed by atoms with Crippen LogP contribution in [0.25, 0.3) is 10.1 Å². The zero-order valence-corrected chi connectivity index (χ0v) is 14.1. The van der Waals surface area contributed by atoms with Crippen molar-refractivity contribution in [2.24, 2.45) is 5.41 Å². The van der Waals surface area contributed by atoms with Gasteiger partial charge in [-0.25, -0.2) is 0 Å². The third kappa shape index (κ3) is 2.64. The predicted molar refractivity (Wildman–Crippen MR) is 94.1 cm³/mol. The van der Waals surface area contributed by atoms with Crippen LogP contribution in [0.4, 0.5) is 0 Å². The molecule has 3 nitrogen and oxygen atoms in total. The minimum Gasteiger partial charge on any atom is -0.339 e. The quantitative estimate of drug-likeness (QED) is 0.864. The van der Waals surface area contributed by atoms with Crippen molar-refractivity contribution in [2.45, 2.75) is 19.3 Å². The largest absolute Gasteiger partial charge is 0.339 e. The van der Waals surface area contributed by atoms with E-state index in [4.69, 9.17) is 0 Å². The maximum Gasteiger partial charge on any atom is 0.255 e. The van der Waals surface area contributed by atoms with E-state index in [-0.39, 0.29) is 18.3 Å². The van der Waals surface area contributed by atoms with Crippen LogP contribution in [0.5, 0.6) is 0 Å². The highest BCUT2D eigenvalue weighted by Crippen LogP contribution is 2.37. The minimum absolute atomic E-state index is 0. The van der Waals surface area contributed by atoms with Gasteiger partial charge in [-0.3, -0.25) is 4.79 Å². The molecule has 2 aromatic rings. The molecule has 118 valence electrons. The fraction of sp³-hybridized carbons (Fsp3) is 0.471. The number of rotatable bonds is 1. The van der Waals surface area contributed by atoms with Gasteiger partial charge >= 0.3 is 0 Å². The monoisotopic (exact) mass is 336 g/mol. The first-order chi connectivity index (χ1) is 10.3. The standard InChI is InChI=1S/C17H20N2OS.ClH/c20-16(14-11-21-15-4-2-1-3-13(14)15)19-9-6-17(7-10-19)5-8-18-12-17;/h1-4,11,18H,5-10,12H2;1H. The van der Waals surface area contributed by atoms with Gasteiger partial charge in [-0.15, -0.1) is 23.7 Å². The number of benzene rings is 1. The maximum absolute atomic E-state index is 12.8. The molecular formula is C17H21ClN2OS. The molecule has 1 aromatic carbocycles. The summed E-state index contributed by atoms with van der Waals surface area (Å²) in [5, 5.41) is 6.61. The number of nitrogens with zero attached hydrogens (tertiary/aromatic N) is 1. The number of carbonyl (C=O) groups is 1. The molecule has 2 aliphatic rings. The fourth-order valence-corrected chi connectivity index (χ4v) is 4.65. The summed E-state index contributed by atoms with van der Waals surface area (Å²) in [5.41, 5.74) is 1.35. The molecule has 0 radical (unpaired) electrons. The summed E-state index contributed by atoms with van der Waals surface area (Å²) in [5.74, 6) is 0.216. The van der Waals surface area contributed by atoms with E-state index < -0.39 is 0 Å². The summed E-state index contributed by atoms with van der Waals surface area (Å²) in [6.45, 7) is 4.09. The Morgan fingerprint density at radius 1 is 1.18 bits per heavy atom. The second-order valence-electron chi connectivity index (χ2n) is 6.36. The topological polar surface area (TPSA) is 32.3 Å². The van der Waals surface area contributed by atoms with Crippen LogP contribution >= 0.6 is 23.7 Å². The summed E-state index contributed by atoms with van der Waals surface area (Å²) < 4.78 is 1.20. The van der Waals surface area contributed by atoms with Crippen molar-refractivity contribution in [1.82, 2.24) is 10.2 Å². The van der Waals surface area contributed by atoms with Crippen molar-refractivity contribution in [1.29, 1.82) is 0 Å². The molecule has 2 fully saturated rings. The molecule has 1 spiro atoms. The van der Waals surface area contributed by atoms with Gasteiger partial charge in [0.2, 0.25) is 0 Å². The number of carbonyl (C=O) groups excluding carboxylic acids is 1. The third-order valence-electron chi connectivity index (χ3n) is 5.15. The Bertz CT molecular complexity index is 668. The zero-order chi connectivity index (χ0) is 14.3. The van der Waals surface area contributed by atoms with Gasteiger partial charge in [0.05, 0.1) is 5.56 Å². The van der Waals surface area contributed by atoms with Crippen LogP contribution in [0.15, 0.2) is 29.6 Å². The number of hydrogen-bond donors (Lipinski definition) is 1. The second-order valence-corrected chi connectivity index (χ2v) is 7.28. The van der Waals surface area contributed by atoms with Crippen LogP contribution in [0.3, 0.4) is 0 Å². The summed E-state index contributed by atoms with van der Waals surface area (Å²) in [7, 11) is 0. The number of piperidine rings is 1. The van der Waals surface area contributed by atoms with Crippen molar-refractivity contribution >= 4 is 39.7 Å². The maximum atomic E-state index is 12.8. The van der Waals surface area contributed by atoms with E-state index in [1.807, 2.05) is 17.5 Å². The van der Waals surface area contributed by atoms with Crippen LogP contribution in [-0.2, 0) is 0 Å². The molecule has 1 aromatic heterocycles. The molecule has 2 aliphatic heterocycles. The third-order valence-corrected chi connectivity index (χ3v) is 6.12. The van der Waals surface area contributed by atoms with Gasteiger partial charge < -0.3 is 10.2 Å². The molecule has 22 heavy (non-hydrogen) atoms. The van der Waals surface area contributed by atoms with Crippen molar-refractivity contribution in [3.63, 3.8) is 0 Å². The lowest BCUT2D eigenvalue weighted by atomic mass is 9.78. The normalized spacial score (nSPS) is 20.3. The van der Waals surface area contributed by atoms with Crippen molar-refractivity contribution < 1.29 is 4.79 Å². The first-order valence-corrected chi connectivity index (χ1v) is 8.62. The molecule has 0 atom stereocenters. The lowest BCUT2D eigenvalue weighted by molar-refractivity contribution is 0.0610. The average molecular weight is 337 g/mol. The molecule has 1 N–H and O–H groups in total. The molecule has 4 rings (SSSR count). The van der Waals surface area contributed by atoms with Gasteiger partial charge in [0.25, 0.3) is 5.91 Å². The lowest BCUT2D eigenvalue weighted by Crippen LogP contribution is -2.43. The van der Waals surface area contributed by atoms with Crippen LogP contribution in [0.1, 0.15) is 29.6 Å². The van der Waals surface area contributed by atoms with Gasteiger partial charge in [0.1, 0.15) is 0 Å². The van der Waals surface area contributed by atoms with Crippen LogP contribution in [0, 0.1) is 5.41 Å². The molecule has 0 aliphatic carbocycles. The smallest absolute Gasteiger partial charge is 0.255 e. The number of halogens is 1. The first-order valence-electron chi connectivity index (χ1n) is 7.74. The van der Waals surface area contributed by atoms with Gasteiger partial charge in [0, 0.05) is 35.1 Å². The van der Waals surface area contributed by atoms with Crippen molar-refractivity contribution in [2.75, 3.05) is 26.2 Å². The number of amides is 1. The summed E-state index contributed by atoms with van der Waals surface area (Å²) in [4.78, 5) is 14.8. The lowest BCUT2D eigenvalue weighted by Gasteiger charge is -2.38. The summed E-state index contributed by atoms with van der Waals surface area (Å²) in [6.07, 6.45) is 3.57. The Morgan fingerprint density at radius 3 is 2.68 bits per heavy atom. The van der Waals surface area contributed by atoms with E-state index in [0.717, 1.165) is 50.0 Å². The van der Waals surface area contributed by atoms with Gasteiger partial charge in [0.15, 0.2) is 0 Å². The van der Waals surface area contributed by atoms with E-state index in [9.17, 15) is 4.79 Å². The van der Waals surface area contributed by atoms with E-state index in [2.05, 4.69) is 22.3 Å². The van der Waals surface area contributed by atoms with Crippen LogP contribution < -0.4 is 5.32 Å². The highest BCUT2D eigenvalue weighted by atomic mass is 35.5. The second kappa shape index (κ2) is 6.19. The van der Waals surface area contributed by atoms with Crippen molar-refractivity contribution in [3.05, 3.63) is 35.2 Å². The molecule has 5 heteroatoms. The molecule has 0 unspecified atom stereocenters. The Labute approximate surface area is 141 Å². The van der Waals surface area contributed by atoms with Gasteiger partial charge in [-0.2, -0.15) is 0 Å². The van der Waals surface area contributed by atoms with E-state index >= 15 is 0 Å². The van der Waals surface area contributed by atoms with Gasteiger partial charge in [-0.05, 0) is 37.3 Å². The van der Waals surface area contributed by atoms with Crippen LogP contribution in [0.2, 0.25) is 0 Å².